The topological polar surface area (TPSA) is 125 Å². The van der Waals surface area contributed by atoms with Crippen LogP contribution in [0.3, 0.4) is 0 Å². The Bertz CT molecular complexity index is 742. The highest BCUT2D eigenvalue weighted by Gasteiger charge is 2.39. The summed E-state index contributed by atoms with van der Waals surface area (Å²) < 4.78 is 35.0. The van der Waals surface area contributed by atoms with Crippen molar-refractivity contribution in [3.8, 4) is 0 Å². The molecule has 0 aromatic carbocycles. The van der Waals surface area contributed by atoms with Crippen molar-refractivity contribution in [2.24, 2.45) is 0 Å². The highest BCUT2D eigenvalue weighted by atomic mass is 28.5. The average molecular weight is 668 g/mol. The van der Waals surface area contributed by atoms with Crippen LogP contribution in [0.25, 0.3) is 0 Å². The zero-order chi connectivity index (χ0) is 32.8. The van der Waals surface area contributed by atoms with Crippen LogP contribution in [0, 0.1) is 0 Å². The predicted molar refractivity (Wildman–Crippen MR) is 181 cm³/mol. The largest absolute Gasteiger partial charge is 0.460 e. The molecule has 13 heteroatoms. The minimum atomic E-state index is -2.33. The predicted octanol–water partition coefficient (Wildman–Crippen LogP) is 4.90. The molecule has 2 atom stereocenters. The molecule has 0 aromatic heterocycles. The quantitative estimate of drug-likeness (QED) is 0.0439. The van der Waals surface area contributed by atoms with Crippen LogP contribution in [-0.4, -0.2) is 113 Å². The van der Waals surface area contributed by atoms with Gasteiger partial charge in [0.1, 0.15) is 12.7 Å². The van der Waals surface area contributed by atoms with Gasteiger partial charge in [-0.1, -0.05) is 39.2 Å². The zero-order valence-corrected chi connectivity index (χ0v) is 31.6. The van der Waals surface area contributed by atoms with Crippen molar-refractivity contribution in [2.75, 3.05) is 59.0 Å². The van der Waals surface area contributed by atoms with E-state index in [-0.39, 0.29) is 26.4 Å². The summed E-state index contributed by atoms with van der Waals surface area (Å²) in [5, 5.41) is 23.6. The summed E-state index contributed by atoms with van der Waals surface area (Å²) in [6.07, 6.45) is 6.51. The van der Waals surface area contributed by atoms with Gasteiger partial charge < -0.3 is 42.7 Å². The maximum atomic E-state index is 11.3. The van der Waals surface area contributed by atoms with Crippen LogP contribution in [-0.2, 0) is 32.0 Å². The van der Waals surface area contributed by atoms with Crippen molar-refractivity contribution >= 4 is 31.2 Å². The Kier molecular flexibility index (Phi) is 23.6. The lowest BCUT2D eigenvalue weighted by Crippen LogP contribution is -2.54. The summed E-state index contributed by atoms with van der Waals surface area (Å²) in [5.41, 5.74) is 0.347. The Hall–Kier alpha value is -0.459. The fraction of sp³-hybridized carbons (Fsp3) is 0.900. The van der Waals surface area contributed by atoms with Gasteiger partial charge in [-0.3, -0.25) is 0 Å². The van der Waals surface area contributed by atoms with Gasteiger partial charge in [-0.25, -0.2) is 4.79 Å². The van der Waals surface area contributed by atoms with Crippen molar-refractivity contribution in [1.82, 2.24) is 5.32 Å². The number of carbonyl (C=O) groups is 1. The molecule has 0 aliphatic rings. The van der Waals surface area contributed by atoms with Crippen LogP contribution in [0.2, 0.25) is 45.3 Å². The van der Waals surface area contributed by atoms with Crippen molar-refractivity contribution in [2.45, 2.75) is 116 Å². The van der Waals surface area contributed by atoms with Crippen LogP contribution in [0.1, 0.15) is 58.8 Å². The van der Waals surface area contributed by atoms with E-state index in [1.165, 1.54) is 0 Å². The second-order valence-electron chi connectivity index (χ2n) is 13.0. The second-order valence-corrected chi connectivity index (χ2v) is 25.3. The molecule has 3 N–H and O–H groups in total. The molecule has 10 nitrogen and oxygen atoms in total. The summed E-state index contributed by atoms with van der Waals surface area (Å²) in [4.78, 5) is 11.3. The third-order valence-electron chi connectivity index (χ3n) is 6.44. The summed E-state index contributed by atoms with van der Waals surface area (Å²) in [6.45, 7) is 24.0. The van der Waals surface area contributed by atoms with E-state index in [2.05, 4.69) is 58.1 Å². The number of hydrogen-bond donors (Lipinski definition) is 3. The molecular formula is C30H65NO9Si3. The number of carbonyl (C=O) groups excluding carboxylic acids is 1. The number of aliphatic hydroxyl groups excluding tert-OH is 2. The standard InChI is InChI=1S/C30H65NO9Si3/c1-10-31-18-14-11-13-17-28(32)23-37-26-42(6,7)40-43(8,9)39-41(4,5)22-16-12-15-19-35-24-29(33)25-36-20-21-38-30(34)27(2)3/h28-29,31-33H,2,10-26H2,1,3-9H3. The van der Waals surface area contributed by atoms with Crippen LogP contribution in [0.15, 0.2) is 12.2 Å². The molecule has 43 heavy (non-hydrogen) atoms. The van der Waals surface area contributed by atoms with E-state index < -0.39 is 43.4 Å². The molecule has 0 heterocycles. The molecule has 0 rings (SSSR count). The van der Waals surface area contributed by atoms with E-state index in [4.69, 9.17) is 27.2 Å². The number of hydrogen-bond acceptors (Lipinski definition) is 10. The normalized spacial score (nSPS) is 14.1. The van der Waals surface area contributed by atoms with Gasteiger partial charge >= 0.3 is 14.5 Å². The third kappa shape index (κ3) is 26.5. The third-order valence-corrected chi connectivity index (χ3v) is 17.3. The molecule has 0 amide bonds. The van der Waals surface area contributed by atoms with E-state index >= 15 is 0 Å². The highest BCUT2D eigenvalue weighted by molar-refractivity contribution is 6.87. The van der Waals surface area contributed by atoms with Crippen molar-refractivity contribution in [3.05, 3.63) is 12.2 Å². The molecule has 0 saturated heterocycles. The van der Waals surface area contributed by atoms with Gasteiger partial charge in [-0.15, -0.1) is 0 Å². The number of esters is 1. The van der Waals surface area contributed by atoms with Crippen molar-refractivity contribution < 1.29 is 42.2 Å². The minimum Gasteiger partial charge on any atom is -0.460 e. The molecule has 0 saturated carbocycles. The molecule has 0 aliphatic carbocycles. The molecule has 2 unspecified atom stereocenters. The summed E-state index contributed by atoms with van der Waals surface area (Å²) in [6, 6.07) is 1.05. The second kappa shape index (κ2) is 23.8. The minimum absolute atomic E-state index is 0.131. The lowest BCUT2D eigenvalue weighted by Gasteiger charge is -2.38. The van der Waals surface area contributed by atoms with Gasteiger partial charge in [-0.05, 0) is 84.6 Å². The van der Waals surface area contributed by atoms with E-state index in [1.54, 1.807) is 6.92 Å². The number of nitrogens with one attached hydrogen (secondary N) is 1. The monoisotopic (exact) mass is 667 g/mol. The fourth-order valence-corrected chi connectivity index (χ4v) is 18.2. The fourth-order valence-electron chi connectivity index (χ4n) is 4.67. The highest BCUT2D eigenvalue weighted by Crippen LogP contribution is 2.25. The first-order valence-electron chi connectivity index (χ1n) is 16.1. The summed E-state index contributed by atoms with van der Waals surface area (Å²) in [7, 11) is -6.32. The Labute approximate surface area is 265 Å². The molecule has 0 fully saturated rings. The van der Waals surface area contributed by atoms with E-state index in [0.29, 0.717) is 25.0 Å². The van der Waals surface area contributed by atoms with Crippen LogP contribution >= 0.6 is 0 Å². The Balaban J connectivity index is 4.04. The molecule has 0 aliphatic heterocycles. The molecule has 0 bridgehead atoms. The van der Waals surface area contributed by atoms with Gasteiger partial charge in [0.15, 0.2) is 8.32 Å². The van der Waals surface area contributed by atoms with Crippen molar-refractivity contribution in [1.29, 1.82) is 0 Å². The first-order chi connectivity index (χ1) is 20.1. The van der Waals surface area contributed by atoms with Crippen LogP contribution < -0.4 is 5.32 Å². The number of unbranched alkanes of at least 4 members (excludes halogenated alkanes) is 4. The van der Waals surface area contributed by atoms with Gasteiger partial charge in [0.25, 0.3) is 0 Å². The maximum absolute atomic E-state index is 11.3. The van der Waals surface area contributed by atoms with E-state index in [9.17, 15) is 15.0 Å². The van der Waals surface area contributed by atoms with Crippen molar-refractivity contribution in [3.63, 3.8) is 0 Å². The summed E-state index contributed by atoms with van der Waals surface area (Å²) in [5.74, 6) is -0.444. The average Bonchev–Trinajstić information content (AvgIpc) is 2.88. The molecule has 256 valence electrons. The number of aliphatic hydroxyl groups is 2. The maximum Gasteiger partial charge on any atom is 0.333 e. The molecular weight excluding hydrogens is 603 g/mol. The number of ether oxygens (including phenoxy) is 4. The first kappa shape index (κ1) is 42.5. The van der Waals surface area contributed by atoms with Gasteiger partial charge in [0, 0.05) is 12.2 Å². The van der Waals surface area contributed by atoms with E-state index in [0.717, 1.165) is 64.1 Å². The Morgan fingerprint density at radius 1 is 0.767 bits per heavy atom. The Morgan fingerprint density at radius 2 is 1.37 bits per heavy atom. The lowest BCUT2D eigenvalue weighted by atomic mass is 10.1. The number of rotatable bonds is 29. The van der Waals surface area contributed by atoms with Crippen LogP contribution in [0.5, 0.6) is 0 Å². The zero-order valence-electron chi connectivity index (χ0n) is 28.6. The van der Waals surface area contributed by atoms with Crippen LogP contribution in [0.4, 0.5) is 0 Å². The Morgan fingerprint density at radius 3 is 2.02 bits per heavy atom. The first-order valence-corrected chi connectivity index (χ1v) is 25.2. The lowest BCUT2D eigenvalue weighted by molar-refractivity contribution is -0.140. The van der Waals surface area contributed by atoms with E-state index in [1.807, 2.05) is 0 Å². The van der Waals surface area contributed by atoms with Gasteiger partial charge in [-0.2, -0.15) is 0 Å². The summed E-state index contributed by atoms with van der Waals surface area (Å²) >= 11 is 0. The van der Waals surface area contributed by atoms with Gasteiger partial charge in [0.2, 0.25) is 8.32 Å². The molecule has 0 aromatic rings. The molecule has 0 radical (unpaired) electrons. The smallest absolute Gasteiger partial charge is 0.333 e. The molecule has 0 spiro atoms. The SMILES string of the molecule is C=C(C)C(=O)OCCOCC(O)COCCCCC[Si](C)(C)O[Si](C)(C)O[Si](C)(C)COCC(O)CCCCCNCC. The van der Waals surface area contributed by atoms with Gasteiger partial charge in [0.05, 0.1) is 38.8 Å².